The molecule has 4 atom stereocenters. The normalized spacial score (nSPS) is 23.8. The molecule has 6 heteroatoms. The molecule has 1 aromatic rings. The molecule has 2 fully saturated rings. The van der Waals surface area contributed by atoms with E-state index in [1.807, 2.05) is 30.3 Å². The second-order valence-electron chi connectivity index (χ2n) is 9.56. The molecular weight excluding hydrogens is 406 g/mol. The maximum Gasteiger partial charge on any atom is 0.220 e. The third kappa shape index (κ3) is 8.55. The summed E-state index contributed by atoms with van der Waals surface area (Å²) in [5.41, 5.74) is 0. The first-order chi connectivity index (χ1) is 15.5. The van der Waals surface area contributed by atoms with Crippen molar-refractivity contribution in [3.05, 3.63) is 30.3 Å². The number of rotatable bonds is 15. The van der Waals surface area contributed by atoms with Crippen LogP contribution in [-0.4, -0.2) is 47.3 Å². The molecule has 3 rings (SSSR count). The number of ketones is 1. The van der Waals surface area contributed by atoms with Crippen LogP contribution in [0.25, 0.3) is 0 Å². The number of benzene rings is 1. The maximum absolute atomic E-state index is 12.4. The third-order valence-corrected chi connectivity index (χ3v) is 6.81. The zero-order valence-electron chi connectivity index (χ0n) is 19.1. The summed E-state index contributed by atoms with van der Waals surface area (Å²) in [5.74, 6) is 1.54. The molecule has 0 radical (unpaired) electrons. The first kappa shape index (κ1) is 24.7. The van der Waals surface area contributed by atoms with Crippen molar-refractivity contribution in [3.63, 3.8) is 0 Å². The van der Waals surface area contributed by atoms with E-state index in [4.69, 9.17) is 4.74 Å². The number of hydrogen-bond donors (Lipinski definition) is 3. The SMILES string of the molecule is O=C(CCCCCCC1C(=O)CC(O)C1CCC(O)COc1ccccc1)NCC1CC1. The van der Waals surface area contributed by atoms with E-state index in [0.29, 0.717) is 25.2 Å². The molecule has 1 aromatic carbocycles. The molecule has 0 aromatic heterocycles. The molecule has 3 N–H and O–H groups in total. The number of nitrogens with one attached hydrogen (secondary N) is 1. The van der Waals surface area contributed by atoms with Crippen molar-refractivity contribution in [2.24, 2.45) is 17.8 Å². The molecule has 0 saturated heterocycles. The zero-order chi connectivity index (χ0) is 22.8. The predicted octanol–water partition coefficient (Wildman–Crippen LogP) is 3.64. The molecule has 178 valence electrons. The Morgan fingerprint density at radius 2 is 1.84 bits per heavy atom. The Kier molecular flexibility index (Phi) is 10.0. The number of carbonyl (C=O) groups is 2. The van der Waals surface area contributed by atoms with Crippen LogP contribution >= 0.6 is 0 Å². The summed E-state index contributed by atoms with van der Waals surface area (Å²) in [5, 5.41) is 23.6. The Hall–Kier alpha value is -1.92. The average Bonchev–Trinajstić information content (AvgIpc) is 3.58. The molecule has 2 aliphatic rings. The minimum absolute atomic E-state index is 0.0814. The highest BCUT2D eigenvalue weighted by molar-refractivity contribution is 5.84. The number of amides is 1. The Bertz CT molecular complexity index is 705. The fourth-order valence-corrected chi connectivity index (χ4v) is 4.63. The van der Waals surface area contributed by atoms with E-state index in [2.05, 4.69) is 5.32 Å². The Morgan fingerprint density at radius 1 is 1.09 bits per heavy atom. The van der Waals surface area contributed by atoms with Crippen molar-refractivity contribution in [3.8, 4) is 5.75 Å². The molecule has 6 nitrogen and oxygen atoms in total. The largest absolute Gasteiger partial charge is 0.491 e. The van der Waals surface area contributed by atoms with E-state index >= 15 is 0 Å². The van der Waals surface area contributed by atoms with Gasteiger partial charge in [0.2, 0.25) is 5.91 Å². The van der Waals surface area contributed by atoms with Gasteiger partial charge < -0.3 is 20.3 Å². The lowest BCUT2D eigenvalue weighted by Crippen LogP contribution is -2.25. The molecule has 2 aliphatic carbocycles. The number of ether oxygens (including phenoxy) is 1. The number of aliphatic hydroxyl groups is 2. The molecule has 0 heterocycles. The van der Waals surface area contributed by atoms with Gasteiger partial charge in [0.1, 0.15) is 18.1 Å². The monoisotopic (exact) mass is 445 g/mol. The van der Waals surface area contributed by atoms with Crippen LogP contribution in [0.5, 0.6) is 5.75 Å². The minimum atomic E-state index is -0.621. The first-order valence-electron chi connectivity index (χ1n) is 12.4. The summed E-state index contributed by atoms with van der Waals surface area (Å²) >= 11 is 0. The summed E-state index contributed by atoms with van der Waals surface area (Å²) < 4.78 is 5.60. The van der Waals surface area contributed by atoms with Crippen molar-refractivity contribution >= 4 is 11.7 Å². The molecule has 0 aliphatic heterocycles. The first-order valence-corrected chi connectivity index (χ1v) is 12.4. The zero-order valence-corrected chi connectivity index (χ0v) is 19.1. The van der Waals surface area contributed by atoms with Crippen LogP contribution in [0.15, 0.2) is 30.3 Å². The number of hydrogen-bond acceptors (Lipinski definition) is 5. The van der Waals surface area contributed by atoms with E-state index in [9.17, 15) is 19.8 Å². The van der Waals surface area contributed by atoms with Crippen LogP contribution in [0.2, 0.25) is 0 Å². The predicted molar refractivity (Wildman–Crippen MR) is 123 cm³/mol. The van der Waals surface area contributed by atoms with Crippen LogP contribution in [0, 0.1) is 17.8 Å². The fourth-order valence-electron chi connectivity index (χ4n) is 4.63. The molecule has 0 spiro atoms. The third-order valence-electron chi connectivity index (χ3n) is 6.81. The molecule has 1 amide bonds. The number of Topliss-reactive ketones (excluding diaryl/α,β-unsaturated/α-hetero) is 1. The van der Waals surface area contributed by atoms with Gasteiger partial charge in [-0.25, -0.2) is 0 Å². The van der Waals surface area contributed by atoms with Crippen LogP contribution < -0.4 is 10.1 Å². The van der Waals surface area contributed by atoms with Gasteiger partial charge in [0.25, 0.3) is 0 Å². The molecule has 4 unspecified atom stereocenters. The summed E-state index contributed by atoms with van der Waals surface area (Å²) in [6.07, 6.45) is 7.79. The topological polar surface area (TPSA) is 95.9 Å². The fraction of sp³-hybridized carbons (Fsp3) is 0.692. The Balaban J connectivity index is 1.29. The van der Waals surface area contributed by atoms with Gasteiger partial charge in [-0.2, -0.15) is 0 Å². The van der Waals surface area contributed by atoms with Crippen molar-refractivity contribution in [2.75, 3.05) is 13.2 Å². The van der Waals surface area contributed by atoms with Crippen molar-refractivity contribution < 1.29 is 24.5 Å². The van der Waals surface area contributed by atoms with Gasteiger partial charge in [0.15, 0.2) is 0 Å². The van der Waals surface area contributed by atoms with E-state index in [1.165, 1.54) is 12.8 Å². The minimum Gasteiger partial charge on any atom is -0.491 e. The number of aliphatic hydroxyl groups excluding tert-OH is 2. The molecule has 32 heavy (non-hydrogen) atoms. The van der Waals surface area contributed by atoms with Gasteiger partial charge >= 0.3 is 0 Å². The summed E-state index contributed by atoms with van der Waals surface area (Å²) in [4.78, 5) is 24.2. The molecular formula is C26H39NO5. The highest BCUT2D eigenvalue weighted by Crippen LogP contribution is 2.36. The van der Waals surface area contributed by atoms with E-state index in [1.54, 1.807) is 0 Å². The smallest absolute Gasteiger partial charge is 0.220 e. The Morgan fingerprint density at radius 3 is 2.59 bits per heavy atom. The number of unbranched alkanes of at least 4 members (excludes halogenated alkanes) is 3. The van der Waals surface area contributed by atoms with E-state index in [-0.39, 0.29) is 36.6 Å². The van der Waals surface area contributed by atoms with Crippen LogP contribution in [0.4, 0.5) is 0 Å². The summed E-state index contributed by atoms with van der Waals surface area (Å²) in [6, 6.07) is 9.38. The van der Waals surface area contributed by atoms with Crippen LogP contribution in [0.1, 0.15) is 70.6 Å². The maximum atomic E-state index is 12.4. The van der Waals surface area contributed by atoms with Gasteiger partial charge in [-0.05, 0) is 62.5 Å². The lowest BCUT2D eigenvalue weighted by molar-refractivity contribution is -0.122. The standard InChI is InChI=1S/C26H39NO5/c28-20(18-32-21-8-4-3-5-9-21)14-15-23-22(24(29)16-25(23)30)10-6-1-2-7-11-26(31)27-17-19-12-13-19/h3-5,8-9,19-20,22-23,25,28,30H,1-2,6-7,10-18H2,(H,27,31). The highest BCUT2D eigenvalue weighted by Gasteiger charge is 2.40. The molecule has 2 saturated carbocycles. The van der Waals surface area contributed by atoms with Gasteiger partial charge in [0, 0.05) is 25.3 Å². The van der Waals surface area contributed by atoms with Gasteiger partial charge in [-0.15, -0.1) is 0 Å². The van der Waals surface area contributed by atoms with Gasteiger partial charge in [0.05, 0.1) is 12.2 Å². The number of carbonyl (C=O) groups excluding carboxylic acids is 2. The van der Waals surface area contributed by atoms with E-state index < -0.39 is 12.2 Å². The lowest BCUT2D eigenvalue weighted by atomic mass is 9.85. The average molecular weight is 446 g/mol. The van der Waals surface area contributed by atoms with Crippen molar-refractivity contribution in [1.82, 2.24) is 5.32 Å². The number of para-hydroxylation sites is 1. The summed E-state index contributed by atoms with van der Waals surface area (Å²) in [6.45, 7) is 1.04. The lowest BCUT2D eigenvalue weighted by Gasteiger charge is -2.22. The van der Waals surface area contributed by atoms with Crippen molar-refractivity contribution in [1.29, 1.82) is 0 Å². The van der Waals surface area contributed by atoms with Gasteiger partial charge in [-0.3, -0.25) is 9.59 Å². The van der Waals surface area contributed by atoms with Crippen LogP contribution in [0.3, 0.4) is 0 Å². The Labute approximate surface area is 191 Å². The summed E-state index contributed by atoms with van der Waals surface area (Å²) in [7, 11) is 0. The molecule has 0 bridgehead atoms. The van der Waals surface area contributed by atoms with Gasteiger partial charge in [-0.1, -0.05) is 37.5 Å². The quantitative estimate of drug-likeness (QED) is 0.358. The second kappa shape index (κ2) is 12.9. The second-order valence-corrected chi connectivity index (χ2v) is 9.56. The van der Waals surface area contributed by atoms with E-state index in [0.717, 1.165) is 44.4 Å². The van der Waals surface area contributed by atoms with Crippen molar-refractivity contribution in [2.45, 2.75) is 82.8 Å². The van der Waals surface area contributed by atoms with Crippen LogP contribution in [-0.2, 0) is 9.59 Å². The highest BCUT2D eigenvalue weighted by atomic mass is 16.5.